The number of rotatable bonds is 6. The van der Waals surface area contributed by atoms with Gasteiger partial charge in [0.1, 0.15) is 0 Å². The molecule has 36 heavy (non-hydrogen) atoms. The molecule has 0 heterocycles. The second-order valence-corrected chi connectivity index (χ2v) is 19.2. The summed E-state index contributed by atoms with van der Waals surface area (Å²) in [5.74, 6) is 2.81. The quantitative estimate of drug-likeness (QED) is 0.239. The number of benzene rings is 3. The van der Waals surface area contributed by atoms with Gasteiger partial charge < -0.3 is 0 Å². The zero-order valence-electron chi connectivity index (χ0n) is 21.8. The van der Waals surface area contributed by atoms with Crippen molar-refractivity contribution in [3.63, 3.8) is 0 Å². The monoisotopic (exact) mass is 560 g/mol. The Morgan fingerprint density at radius 1 is 0.861 bits per heavy atom. The van der Waals surface area contributed by atoms with Crippen LogP contribution in [0.3, 0.4) is 0 Å². The minimum absolute atomic E-state index is 0.00429. The minimum atomic E-state index is -3.09. The summed E-state index contributed by atoms with van der Waals surface area (Å²) in [7, 11) is 0. The van der Waals surface area contributed by atoms with Gasteiger partial charge in [0, 0.05) is 0 Å². The molecule has 1 aliphatic rings. The molecule has 0 aliphatic heterocycles. The van der Waals surface area contributed by atoms with Gasteiger partial charge in [0.2, 0.25) is 0 Å². The number of aliphatic hydroxyl groups is 1. The van der Waals surface area contributed by atoms with E-state index in [2.05, 4.69) is 158 Å². The van der Waals surface area contributed by atoms with Crippen LogP contribution in [0.5, 0.6) is 0 Å². The van der Waals surface area contributed by atoms with E-state index >= 15 is 0 Å². The van der Waals surface area contributed by atoms with Crippen LogP contribution < -0.4 is 15.9 Å². The molecule has 0 radical (unpaired) electrons. The first-order chi connectivity index (χ1) is 17.1. The van der Waals surface area contributed by atoms with Crippen molar-refractivity contribution in [2.45, 2.75) is 46.6 Å². The van der Waals surface area contributed by atoms with Crippen molar-refractivity contribution in [3.8, 4) is 0 Å². The van der Waals surface area contributed by atoms with Crippen LogP contribution in [0, 0.1) is 11.3 Å². The zero-order chi connectivity index (χ0) is 25.8. The number of hydrogen-bond acceptors (Lipinski definition) is 1. The van der Waals surface area contributed by atoms with E-state index in [1.807, 2.05) is 0 Å². The third kappa shape index (κ3) is 5.10. The van der Waals surface area contributed by atoms with Crippen molar-refractivity contribution >= 4 is 36.7 Å². The number of allylic oxidation sites excluding steroid dienone is 5. The van der Waals surface area contributed by atoms with E-state index in [0.717, 1.165) is 12.8 Å². The van der Waals surface area contributed by atoms with E-state index in [-0.39, 0.29) is 11.5 Å². The molecule has 1 aliphatic carbocycles. The summed E-state index contributed by atoms with van der Waals surface area (Å²) < 4.78 is 0. The van der Waals surface area contributed by atoms with Gasteiger partial charge in [0.25, 0.3) is 0 Å². The molecule has 4 rings (SSSR count). The van der Waals surface area contributed by atoms with Crippen LogP contribution in [0.2, 0.25) is 0 Å². The molecular weight excluding hydrogens is 523 g/mol. The normalized spacial score (nSPS) is 22.9. The van der Waals surface area contributed by atoms with Crippen LogP contribution >= 0.6 is 20.8 Å². The average Bonchev–Trinajstić information content (AvgIpc) is 2.88. The summed E-state index contributed by atoms with van der Waals surface area (Å²) in [6, 6.07) is 32.5. The summed E-state index contributed by atoms with van der Waals surface area (Å²) in [5, 5.41) is 11.0. The third-order valence-corrected chi connectivity index (χ3v) is 16.6. The molecule has 0 unspecified atom stereocenters. The van der Waals surface area contributed by atoms with Crippen molar-refractivity contribution in [2.24, 2.45) is 11.3 Å². The molecule has 0 saturated heterocycles. The molecule has 188 valence electrons. The number of halogens is 1. The fourth-order valence-corrected chi connectivity index (χ4v) is 12.5. The zero-order valence-corrected chi connectivity index (χ0v) is 24.3. The molecule has 3 heteroatoms. The molecule has 0 amide bonds. The molecule has 3 aromatic carbocycles. The van der Waals surface area contributed by atoms with Gasteiger partial charge >= 0.3 is 226 Å². The predicted molar refractivity (Wildman–Crippen MR) is 163 cm³/mol. The molecule has 1 N–H and O–H groups in total. The SMILES string of the molecule is CC(C=CP(Br)(c1ccccc1)(c1ccccc1)c1ccccc1)=CC=C1[C@H](C)C[C@@H](O)CC1(C)C. The fraction of sp³-hybridized carbons (Fsp3) is 0.273. The van der Waals surface area contributed by atoms with Crippen LogP contribution in [0.4, 0.5) is 0 Å². The molecular formula is C33H38BrOP. The van der Waals surface area contributed by atoms with Gasteiger partial charge in [-0.1, -0.05) is 0 Å². The van der Waals surface area contributed by atoms with Crippen LogP contribution in [0.25, 0.3) is 0 Å². The number of hydrogen-bond donors (Lipinski definition) is 1. The summed E-state index contributed by atoms with van der Waals surface area (Å²) in [6.07, 6.45) is 8.28. The molecule has 3 aromatic rings. The van der Waals surface area contributed by atoms with Crippen LogP contribution in [-0.2, 0) is 0 Å². The summed E-state index contributed by atoms with van der Waals surface area (Å²) in [6.45, 7) is 8.92. The van der Waals surface area contributed by atoms with Crippen molar-refractivity contribution in [3.05, 3.63) is 126 Å². The van der Waals surface area contributed by atoms with Gasteiger partial charge in [-0.3, -0.25) is 0 Å². The first-order valence-corrected chi connectivity index (χ1v) is 17.1. The number of aliphatic hydroxyl groups excluding tert-OH is 1. The summed E-state index contributed by atoms with van der Waals surface area (Å²) in [5.41, 5.74) is 2.63. The molecule has 0 spiro atoms. The second-order valence-electron chi connectivity index (χ2n) is 10.8. The van der Waals surface area contributed by atoms with Gasteiger partial charge in [0.05, 0.1) is 0 Å². The van der Waals surface area contributed by atoms with E-state index in [0.29, 0.717) is 5.92 Å². The Balaban J connectivity index is 1.87. The molecule has 0 bridgehead atoms. The molecule has 0 aromatic heterocycles. The van der Waals surface area contributed by atoms with Gasteiger partial charge in [-0.05, 0) is 0 Å². The van der Waals surface area contributed by atoms with E-state index in [1.54, 1.807) is 0 Å². The molecule has 1 nitrogen and oxygen atoms in total. The van der Waals surface area contributed by atoms with Crippen LogP contribution in [0.1, 0.15) is 40.5 Å². The molecule has 1 fully saturated rings. The average molecular weight is 562 g/mol. The van der Waals surface area contributed by atoms with Crippen LogP contribution in [-0.4, -0.2) is 11.2 Å². The predicted octanol–water partition coefficient (Wildman–Crippen LogP) is 8.03. The van der Waals surface area contributed by atoms with Gasteiger partial charge in [-0.2, -0.15) is 0 Å². The second kappa shape index (κ2) is 10.6. The van der Waals surface area contributed by atoms with E-state index in [9.17, 15) is 5.11 Å². The standard InChI is InChI=1S/C33H38BrOP/c1-26(20-21-32-27(2)24-28(35)25-33(32,3)4)22-23-36(34,29-14-8-5-9-15-29,30-16-10-6-11-17-30)31-18-12-7-13-19-31/h5-23,27-28,35H,24-25H2,1-4H3/t27-,28-/m1/s1. The van der Waals surface area contributed by atoms with Crippen molar-refractivity contribution in [1.29, 1.82) is 0 Å². The first kappa shape index (κ1) is 26.8. The van der Waals surface area contributed by atoms with Gasteiger partial charge in [0.15, 0.2) is 0 Å². The van der Waals surface area contributed by atoms with Crippen molar-refractivity contribution in [1.82, 2.24) is 0 Å². The topological polar surface area (TPSA) is 20.2 Å². The third-order valence-electron chi connectivity index (χ3n) is 7.61. The van der Waals surface area contributed by atoms with Gasteiger partial charge in [-0.25, -0.2) is 0 Å². The Hall–Kier alpha value is -2.25. The van der Waals surface area contributed by atoms with Gasteiger partial charge in [-0.15, -0.1) is 0 Å². The van der Waals surface area contributed by atoms with Crippen molar-refractivity contribution in [2.75, 3.05) is 0 Å². The Morgan fingerprint density at radius 3 is 1.72 bits per heavy atom. The summed E-state index contributed by atoms with van der Waals surface area (Å²) in [4.78, 5) is 0. The summed E-state index contributed by atoms with van der Waals surface area (Å²) >= 11 is 4.48. The Labute approximate surface area is 225 Å². The maximum absolute atomic E-state index is 10.3. The molecule has 2 atom stereocenters. The van der Waals surface area contributed by atoms with Crippen molar-refractivity contribution < 1.29 is 5.11 Å². The van der Waals surface area contributed by atoms with E-state index in [4.69, 9.17) is 0 Å². The Morgan fingerprint density at radius 2 is 1.31 bits per heavy atom. The van der Waals surface area contributed by atoms with Crippen LogP contribution in [0.15, 0.2) is 126 Å². The van der Waals surface area contributed by atoms with E-state index < -0.39 is 5.31 Å². The Kier molecular flexibility index (Phi) is 7.91. The maximum atomic E-state index is 10.3. The first-order valence-electron chi connectivity index (χ1n) is 12.8. The Bertz CT molecular complexity index is 1160. The fourth-order valence-electron chi connectivity index (χ4n) is 5.78. The van der Waals surface area contributed by atoms with E-state index in [1.165, 1.54) is 27.1 Å². The molecule has 1 saturated carbocycles.